The summed E-state index contributed by atoms with van der Waals surface area (Å²) in [5.74, 6) is -0.653. The van der Waals surface area contributed by atoms with Crippen LogP contribution in [0.1, 0.15) is 48.1 Å². The number of hydrogen-bond acceptors (Lipinski definition) is 4. The van der Waals surface area contributed by atoms with Crippen LogP contribution in [0.25, 0.3) is 0 Å². The van der Waals surface area contributed by atoms with Crippen molar-refractivity contribution in [2.24, 2.45) is 0 Å². The van der Waals surface area contributed by atoms with Gasteiger partial charge >= 0.3 is 12.1 Å². The van der Waals surface area contributed by atoms with E-state index in [-0.39, 0.29) is 36.0 Å². The number of halogens is 3. The fraction of sp³-hybridized carbons (Fsp3) is 0.364. The van der Waals surface area contributed by atoms with E-state index in [4.69, 9.17) is 4.74 Å². The van der Waals surface area contributed by atoms with Crippen molar-refractivity contribution >= 4 is 23.3 Å². The fourth-order valence-corrected chi connectivity index (χ4v) is 3.51. The van der Waals surface area contributed by atoms with Crippen molar-refractivity contribution in [3.8, 4) is 0 Å². The first-order valence-electron chi connectivity index (χ1n) is 9.70. The second-order valence-electron chi connectivity index (χ2n) is 7.21. The summed E-state index contributed by atoms with van der Waals surface area (Å²) in [6.45, 7) is 3.47. The molecule has 0 saturated carbocycles. The highest BCUT2D eigenvalue weighted by Gasteiger charge is 2.34. The third kappa shape index (κ3) is 5.11. The molecule has 0 bridgehead atoms. The molecule has 1 heterocycles. The Kier molecular flexibility index (Phi) is 6.34. The molecule has 1 aliphatic heterocycles. The zero-order valence-electron chi connectivity index (χ0n) is 16.7. The Bertz CT molecular complexity index is 957. The number of amides is 1. The molecule has 0 fully saturated rings. The second kappa shape index (κ2) is 8.77. The average molecular weight is 420 g/mol. The highest BCUT2D eigenvalue weighted by atomic mass is 19.4. The molecule has 0 spiro atoms. The maximum Gasteiger partial charge on any atom is 0.416 e. The summed E-state index contributed by atoms with van der Waals surface area (Å²) in [5, 5.41) is 5.76. The van der Waals surface area contributed by atoms with Crippen molar-refractivity contribution in [2.45, 2.75) is 45.3 Å². The summed E-state index contributed by atoms with van der Waals surface area (Å²) in [7, 11) is 0. The van der Waals surface area contributed by atoms with E-state index >= 15 is 0 Å². The summed E-state index contributed by atoms with van der Waals surface area (Å²) >= 11 is 0. The van der Waals surface area contributed by atoms with Crippen LogP contribution in [0.2, 0.25) is 0 Å². The van der Waals surface area contributed by atoms with Gasteiger partial charge in [0.2, 0.25) is 5.91 Å². The minimum Gasteiger partial charge on any atom is -0.466 e. The molecule has 1 aliphatic rings. The van der Waals surface area contributed by atoms with E-state index in [0.717, 1.165) is 17.2 Å². The minimum atomic E-state index is -4.50. The van der Waals surface area contributed by atoms with Crippen molar-refractivity contribution in [3.05, 3.63) is 58.7 Å². The Morgan fingerprint density at radius 2 is 1.97 bits per heavy atom. The molecule has 1 amide bonds. The number of ether oxygens (including phenoxy) is 1. The zero-order chi connectivity index (χ0) is 21.9. The number of alkyl halides is 3. The Morgan fingerprint density at radius 3 is 2.67 bits per heavy atom. The molecule has 2 aromatic rings. The Balaban J connectivity index is 1.85. The van der Waals surface area contributed by atoms with Gasteiger partial charge in [0, 0.05) is 6.42 Å². The standard InChI is InChI=1S/C22H23F3N2O3/c1-3-30-21(29)8-7-14-5-4-6-15(10-14)17-12-20(28)27-19-11-16(22(23,24)25)13(2)9-18(19)26-17/h4-6,9-11,17,26H,3,7-8,12H2,1-2H3,(H,27,28). The maximum absolute atomic E-state index is 13.2. The number of esters is 1. The van der Waals surface area contributed by atoms with Gasteiger partial charge in [-0.25, -0.2) is 0 Å². The van der Waals surface area contributed by atoms with Gasteiger partial charge in [-0.1, -0.05) is 24.3 Å². The van der Waals surface area contributed by atoms with Gasteiger partial charge in [0.1, 0.15) is 0 Å². The lowest BCUT2D eigenvalue weighted by Crippen LogP contribution is -2.16. The van der Waals surface area contributed by atoms with E-state index in [2.05, 4.69) is 10.6 Å². The maximum atomic E-state index is 13.2. The number of fused-ring (bicyclic) bond motifs is 1. The largest absolute Gasteiger partial charge is 0.466 e. The third-order valence-electron chi connectivity index (χ3n) is 4.94. The normalized spacial score (nSPS) is 16.2. The van der Waals surface area contributed by atoms with Gasteiger partial charge in [0.05, 0.1) is 36.0 Å². The van der Waals surface area contributed by atoms with Crippen LogP contribution in [0.5, 0.6) is 0 Å². The molecule has 0 aromatic heterocycles. The van der Waals surface area contributed by atoms with Crippen molar-refractivity contribution < 1.29 is 27.5 Å². The van der Waals surface area contributed by atoms with E-state index in [9.17, 15) is 22.8 Å². The van der Waals surface area contributed by atoms with Gasteiger partial charge in [-0.15, -0.1) is 0 Å². The molecule has 1 unspecified atom stereocenters. The van der Waals surface area contributed by atoms with Gasteiger partial charge < -0.3 is 15.4 Å². The highest BCUT2D eigenvalue weighted by Crippen LogP contribution is 2.39. The molecule has 8 heteroatoms. The molecule has 2 aromatic carbocycles. The van der Waals surface area contributed by atoms with E-state index < -0.39 is 17.8 Å². The monoisotopic (exact) mass is 420 g/mol. The molecule has 1 atom stereocenters. The molecule has 30 heavy (non-hydrogen) atoms. The van der Waals surface area contributed by atoms with Crippen LogP contribution in [0.15, 0.2) is 36.4 Å². The van der Waals surface area contributed by atoms with E-state index in [0.29, 0.717) is 18.7 Å². The van der Waals surface area contributed by atoms with E-state index in [1.807, 2.05) is 24.3 Å². The van der Waals surface area contributed by atoms with Gasteiger partial charge in [-0.3, -0.25) is 9.59 Å². The van der Waals surface area contributed by atoms with Crippen LogP contribution in [0, 0.1) is 6.92 Å². The van der Waals surface area contributed by atoms with Gasteiger partial charge in [-0.2, -0.15) is 13.2 Å². The molecule has 5 nitrogen and oxygen atoms in total. The summed E-state index contributed by atoms with van der Waals surface area (Å²) in [4.78, 5) is 23.9. The van der Waals surface area contributed by atoms with Gasteiger partial charge in [0.15, 0.2) is 0 Å². The van der Waals surface area contributed by atoms with Crippen molar-refractivity contribution in [2.75, 3.05) is 17.2 Å². The highest BCUT2D eigenvalue weighted by molar-refractivity contribution is 5.97. The average Bonchev–Trinajstić information content (AvgIpc) is 2.83. The Morgan fingerprint density at radius 1 is 1.20 bits per heavy atom. The lowest BCUT2D eigenvalue weighted by Gasteiger charge is -2.20. The minimum absolute atomic E-state index is 0.0659. The topological polar surface area (TPSA) is 67.4 Å². The fourth-order valence-electron chi connectivity index (χ4n) is 3.51. The third-order valence-corrected chi connectivity index (χ3v) is 4.94. The van der Waals surface area contributed by atoms with Crippen LogP contribution >= 0.6 is 0 Å². The first-order valence-corrected chi connectivity index (χ1v) is 9.70. The summed E-state index contributed by atoms with van der Waals surface area (Å²) < 4.78 is 44.6. The lowest BCUT2D eigenvalue weighted by atomic mass is 9.99. The van der Waals surface area contributed by atoms with Crippen molar-refractivity contribution in [1.29, 1.82) is 0 Å². The number of hydrogen-bond donors (Lipinski definition) is 2. The number of benzene rings is 2. The molecule has 0 radical (unpaired) electrons. The summed E-state index contributed by atoms with van der Waals surface area (Å²) in [6.07, 6.45) is -3.69. The molecule has 2 N–H and O–H groups in total. The quantitative estimate of drug-likeness (QED) is 0.668. The van der Waals surface area contributed by atoms with Crippen molar-refractivity contribution in [3.63, 3.8) is 0 Å². The van der Waals surface area contributed by atoms with Crippen molar-refractivity contribution in [1.82, 2.24) is 0 Å². The number of nitrogens with one attached hydrogen (secondary N) is 2. The second-order valence-corrected chi connectivity index (χ2v) is 7.21. The van der Waals surface area contributed by atoms with Gasteiger partial charge in [-0.05, 0) is 49.1 Å². The van der Waals surface area contributed by atoms with Crippen LogP contribution in [0.4, 0.5) is 24.5 Å². The number of anilines is 2. The first kappa shape index (κ1) is 21.7. The molecule has 3 rings (SSSR count). The SMILES string of the molecule is CCOC(=O)CCc1cccc(C2CC(=O)Nc3cc(C(F)(F)F)c(C)cc3N2)c1. The number of carbonyl (C=O) groups excluding carboxylic acids is 2. The van der Waals surface area contributed by atoms with Gasteiger partial charge in [0.25, 0.3) is 0 Å². The number of rotatable bonds is 5. The molecular formula is C22H23F3N2O3. The Hall–Kier alpha value is -3.03. The van der Waals surface area contributed by atoms with Crippen LogP contribution in [-0.2, 0) is 26.9 Å². The van der Waals surface area contributed by atoms with Crippen LogP contribution < -0.4 is 10.6 Å². The molecule has 160 valence electrons. The first-order chi connectivity index (χ1) is 14.2. The van der Waals surface area contributed by atoms with Crippen LogP contribution in [0.3, 0.4) is 0 Å². The summed E-state index contributed by atoms with van der Waals surface area (Å²) in [6, 6.07) is 9.42. The van der Waals surface area contributed by atoms with E-state index in [1.165, 1.54) is 13.0 Å². The predicted molar refractivity (Wildman–Crippen MR) is 107 cm³/mol. The molecular weight excluding hydrogens is 397 g/mol. The van der Waals surface area contributed by atoms with E-state index in [1.54, 1.807) is 6.92 Å². The predicted octanol–water partition coefficient (Wildman–Crippen LogP) is 5.00. The molecule has 0 saturated heterocycles. The lowest BCUT2D eigenvalue weighted by molar-refractivity contribution is -0.143. The smallest absolute Gasteiger partial charge is 0.416 e. The van der Waals surface area contributed by atoms with Crippen LogP contribution in [-0.4, -0.2) is 18.5 Å². The zero-order valence-corrected chi connectivity index (χ0v) is 16.7. The Labute approximate surface area is 172 Å². The molecule has 0 aliphatic carbocycles. The number of carbonyl (C=O) groups is 2. The number of aryl methyl sites for hydroxylation is 2. The summed E-state index contributed by atoms with van der Waals surface area (Å²) in [5.41, 5.74) is 1.58.